The number of para-hydroxylation sites is 2. The second-order valence-corrected chi connectivity index (χ2v) is 7.94. The van der Waals surface area contributed by atoms with Gasteiger partial charge in [-0.1, -0.05) is 36.4 Å². The van der Waals surface area contributed by atoms with Crippen LogP contribution in [0, 0.1) is 6.92 Å². The summed E-state index contributed by atoms with van der Waals surface area (Å²) in [4.78, 5) is 30.9. The number of fused-ring (bicyclic) bond motifs is 1. The SMILES string of the molecule is COc1ccccc1CN1C(=O)C(=O)/C(=C(/O)c2c[nH]c3ccccc23)C1c1ccc(C)o1. The van der Waals surface area contributed by atoms with Crippen molar-refractivity contribution in [1.29, 1.82) is 0 Å². The molecule has 1 fully saturated rings. The molecule has 0 saturated carbocycles. The largest absolute Gasteiger partial charge is 0.507 e. The summed E-state index contributed by atoms with van der Waals surface area (Å²) < 4.78 is 11.3. The first-order chi connectivity index (χ1) is 16.0. The van der Waals surface area contributed by atoms with Crippen LogP contribution in [0.2, 0.25) is 0 Å². The van der Waals surface area contributed by atoms with Gasteiger partial charge in [0, 0.05) is 28.2 Å². The number of hydrogen-bond acceptors (Lipinski definition) is 5. The van der Waals surface area contributed by atoms with Gasteiger partial charge in [-0.05, 0) is 31.2 Å². The maximum atomic E-state index is 13.2. The van der Waals surface area contributed by atoms with Gasteiger partial charge in [-0.3, -0.25) is 9.59 Å². The van der Waals surface area contributed by atoms with Crippen LogP contribution in [-0.4, -0.2) is 33.8 Å². The van der Waals surface area contributed by atoms with E-state index in [4.69, 9.17) is 9.15 Å². The van der Waals surface area contributed by atoms with E-state index in [1.165, 1.54) is 4.90 Å². The van der Waals surface area contributed by atoms with Crippen molar-refractivity contribution in [3.05, 3.63) is 95.1 Å². The van der Waals surface area contributed by atoms with E-state index < -0.39 is 17.7 Å². The highest BCUT2D eigenvalue weighted by atomic mass is 16.5. The standard InChI is InChI=1S/C26H22N2O5/c1-15-11-12-21(33-15)23-22(24(29)18-13-27-19-9-5-4-8-17(18)19)25(30)26(31)28(23)14-16-7-3-6-10-20(16)32-2/h3-13,23,27,29H,14H2,1-2H3/b24-22+. The number of benzene rings is 2. The predicted octanol–water partition coefficient (Wildman–Crippen LogP) is 4.70. The number of amides is 1. The first-order valence-corrected chi connectivity index (χ1v) is 10.5. The molecule has 5 rings (SSSR count). The van der Waals surface area contributed by atoms with Crippen LogP contribution in [0.25, 0.3) is 16.7 Å². The highest BCUT2D eigenvalue weighted by molar-refractivity contribution is 6.46. The summed E-state index contributed by atoms with van der Waals surface area (Å²) >= 11 is 0. The van der Waals surface area contributed by atoms with Crippen molar-refractivity contribution in [2.75, 3.05) is 7.11 Å². The number of likely N-dealkylation sites (tertiary alicyclic amines) is 1. The maximum Gasteiger partial charge on any atom is 0.296 e. The van der Waals surface area contributed by atoms with E-state index in [2.05, 4.69) is 4.98 Å². The molecule has 2 aromatic heterocycles. The lowest BCUT2D eigenvalue weighted by Crippen LogP contribution is -2.29. The number of aryl methyl sites for hydroxylation is 1. The zero-order chi connectivity index (χ0) is 23.1. The Balaban J connectivity index is 1.68. The summed E-state index contributed by atoms with van der Waals surface area (Å²) in [6, 6.07) is 17.4. The van der Waals surface area contributed by atoms with Gasteiger partial charge in [0.1, 0.15) is 29.1 Å². The molecule has 1 saturated heterocycles. The van der Waals surface area contributed by atoms with Crippen molar-refractivity contribution in [2.24, 2.45) is 0 Å². The lowest BCUT2D eigenvalue weighted by Gasteiger charge is -2.24. The molecule has 7 heteroatoms. The molecule has 7 nitrogen and oxygen atoms in total. The summed E-state index contributed by atoms with van der Waals surface area (Å²) in [5, 5.41) is 12.1. The monoisotopic (exact) mass is 442 g/mol. The van der Waals surface area contributed by atoms with Gasteiger partial charge in [0.25, 0.3) is 11.7 Å². The van der Waals surface area contributed by atoms with E-state index in [0.29, 0.717) is 22.8 Å². The van der Waals surface area contributed by atoms with Crippen molar-refractivity contribution in [2.45, 2.75) is 19.5 Å². The summed E-state index contributed by atoms with van der Waals surface area (Å²) in [5.74, 6) is -0.0613. The van der Waals surface area contributed by atoms with Crippen molar-refractivity contribution < 1.29 is 23.8 Å². The van der Waals surface area contributed by atoms with Gasteiger partial charge in [0.05, 0.1) is 19.2 Å². The minimum atomic E-state index is -0.878. The number of rotatable bonds is 5. The normalized spacial score (nSPS) is 17.8. The van der Waals surface area contributed by atoms with Gasteiger partial charge < -0.3 is 24.1 Å². The van der Waals surface area contributed by atoms with E-state index in [1.54, 1.807) is 38.4 Å². The Morgan fingerprint density at radius 2 is 1.85 bits per heavy atom. The highest BCUT2D eigenvalue weighted by Gasteiger charge is 2.48. The number of nitrogens with one attached hydrogen (secondary N) is 1. The van der Waals surface area contributed by atoms with Gasteiger partial charge >= 0.3 is 0 Å². The van der Waals surface area contributed by atoms with Crippen LogP contribution in [-0.2, 0) is 16.1 Å². The smallest absolute Gasteiger partial charge is 0.296 e. The van der Waals surface area contributed by atoms with Gasteiger partial charge in [-0.25, -0.2) is 0 Å². The molecule has 2 N–H and O–H groups in total. The summed E-state index contributed by atoms with van der Waals surface area (Å²) in [6.45, 7) is 1.90. The number of ketones is 1. The molecule has 0 radical (unpaired) electrons. The molecule has 0 aliphatic carbocycles. The Morgan fingerprint density at radius 3 is 2.61 bits per heavy atom. The number of furan rings is 1. The number of aliphatic hydroxyl groups excluding tert-OH is 1. The predicted molar refractivity (Wildman–Crippen MR) is 123 cm³/mol. The fourth-order valence-electron chi connectivity index (χ4n) is 4.37. The molecule has 166 valence electrons. The van der Waals surface area contributed by atoms with E-state index in [9.17, 15) is 14.7 Å². The van der Waals surface area contributed by atoms with Crippen LogP contribution in [0.5, 0.6) is 5.75 Å². The second kappa shape index (κ2) is 8.02. The van der Waals surface area contributed by atoms with Crippen LogP contribution in [0.1, 0.15) is 28.7 Å². The topological polar surface area (TPSA) is 95.8 Å². The summed E-state index contributed by atoms with van der Waals surface area (Å²) in [5.41, 5.74) is 2.00. The molecule has 2 aromatic carbocycles. The Labute approximate surface area is 189 Å². The molecule has 4 aromatic rings. The van der Waals surface area contributed by atoms with E-state index in [0.717, 1.165) is 16.5 Å². The summed E-state index contributed by atoms with van der Waals surface area (Å²) in [7, 11) is 1.55. The van der Waals surface area contributed by atoms with Crippen LogP contribution in [0.4, 0.5) is 0 Å². The van der Waals surface area contributed by atoms with Gasteiger partial charge in [-0.2, -0.15) is 0 Å². The van der Waals surface area contributed by atoms with Crippen LogP contribution < -0.4 is 4.74 Å². The Bertz CT molecular complexity index is 1410. The lowest BCUT2D eigenvalue weighted by atomic mass is 9.99. The molecule has 1 unspecified atom stereocenters. The molecule has 1 atom stereocenters. The van der Waals surface area contributed by atoms with Crippen molar-refractivity contribution in [3.8, 4) is 5.75 Å². The van der Waals surface area contributed by atoms with Crippen molar-refractivity contribution >= 4 is 28.4 Å². The van der Waals surface area contributed by atoms with E-state index in [-0.39, 0.29) is 17.9 Å². The number of nitrogens with zero attached hydrogens (tertiary/aromatic N) is 1. The van der Waals surface area contributed by atoms with E-state index in [1.807, 2.05) is 42.5 Å². The first-order valence-electron chi connectivity index (χ1n) is 10.5. The number of carbonyl (C=O) groups excluding carboxylic acids is 2. The summed E-state index contributed by atoms with van der Waals surface area (Å²) in [6.07, 6.45) is 1.64. The van der Waals surface area contributed by atoms with Gasteiger partial charge in [0.15, 0.2) is 0 Å². The number of Topliss-reactive ketones (excluding diaryl/α,β-unsaturated/α-hetero) is 1. The number of aromatic nitrogens is 1. The average Bonchev–Trinajstić information content (AvgIpc) is 3.51. The molecule has 0 spiro atoms. The zero-order valence-corrected chi connectivity index (χ0v) is 18.2. The molecule has 33 heavy (non-hydrogen) atoms. The lowest BCUT2D eigenvalue weighted by molar-refractivity contribution is -0.140. The Morgan fingerprint density at radius 1 is 1.09 bits per heavy atom. The van der Waals surface area contributed by atoms with Crippen molar-refractivity contribution in [1.82, 2.24) is 9.88 Å². The molecule has 1 aliphatic heterocycles. The quantitative estimate of drug-likeness (QED) is 0.265. The fourth-order valence-corrected chi connectivity index (χ4v) is 4.37. The molecule has 1 amide bonds. The number of H-pyrrole nitrogens is 1. The van der Waals surface area contributed by atoms with Gasteiger partial charge in [0.2, 0.25) is 0 Å². The molecule has 3 heterocycles. The third-order valence-electron chi connectivity index (χ3n) is 5.95. The number of ether oxygens (including phenoxy) is 1. The molecule has 1 aliphatic rings. The Kier molecular flexibility index (Phi) is 5.01. The van der Waals surface area contributed by atoms with Crippen molar-refractivity contribution in [3.63, 3.8) is 0 Å². The van der Waals surface area contributed by atoms with E-state index >= 15 is 0 Å². The third kappa shape index (κ3) is 3.38. The van der Waals surface area contributed by atoms with Crippen LogP contribution in [0.3, 0.4) is 0 Å². The zero-order valence-electron chi connectivity index (χ0n) is 18.2. The molecular formula is C26H22N2O5. The van der Waals surface area contributed by atoms with Crippen LogP contribution >= 0.6 is 0 Å². The number of aliphatic hydroxyl groups is 1. The number of methoxy groups -OCH3 is 1. The molecular weight excluding hydrogens is 420 g/mol. The second-order valence-electron chi connectivity index (χ2n) is 7.94. The number of carbonyl (C=O) groups is 2. The fraction of sp³-hybridized carbons (Fsp3) is 0.154. The number of aromatic amines is 1. The highest BCUT2D eigenvalue weighted by Crippen LogP contribution is 2.42. The third-order valence-corrected chi connectivity index (χ3v) is 5.95. The first kappa shape index (κ1) is 20.6. The maximum absolute atomic E-state index is 13.2. The van der Waals surface area contributed by atoms with Gasteiger partial charge in [-0.15, -0.1) is 0 Å². The average molecular weight is 442 g/mol. The number of hydrogen-bond donors (Lipinski definition) is 2. The minimum Gasteiger partial charge on any atom is -0.507 e. The molecule has 0 bridgehead atoms. The Hall–Kier alpha value is -4.26. The minimum absolute atomic E-state index is 0.00555. The van der Waals surface area contributed by atoms with Crippen LogP contribution in [0.15, 0.2) is 76.9 Å².